The van der Waals surface area contributed by atoms with Gasteiger partial charge >= 0.3 is 0 Å². The van der Waals surface area contributed by atoms with Crippen LogP contribution in [-0.4, -0.2) is 39.4 Å². The predicted molar refractivity (Wildman–Crippen MR) is 111 cm³/mol. The summed E-state index contributed by atoms with van der Waals surface area (Å²) >= 11 is 1.52. The molecule has 0 bridgehead atoms. The van der Waals surface area contributed by atoms with Crippen molar-refractivity contribution >= 4 is 23.1 Å². The SMILES string of the molecule is COCC(=O)Nc1cc(-c2cccs2)nn1-c1nc(-c2ccccc2)cc(=O)[nH]1. The molecular weight excluding hydrogens is 390 g/mol. The van der Waals surface area contributed by atoms with Crippen molar-refractivity contribution in [3.05, 3.63) is 70.3 Å². The van der Waals surface area contributed by atoms with Gasteiger partial charge in [0.25, 0.3) is 11.5 Å². The number of hydrogen-bond donors (Lipinski definition) is 2. The first-order valence-corrected chi connectivity index (χ1v) is 9.62. The number of ether oxygens (including phenoxy) is 1. The molecule has 146 valence electrons. The molecule has 29 heavy (non-hydrogen) atoms. The van der Waals surface area contributed by atoms with E-state index in [-0.39, 0.29) is 24.0 Å². The molecule has 0 atom stereocenters. The van der Waals surface area contributed by atoms with Gasteiger partial charge in [0.2, 0.25) is 5.95 Å². The molecule has 3 heterocycles. The molecule has 3 aromatic heterocycles. The molecular formula is C20H17N5O3S. The number of anilines is 1. The van der Waals surface area contributed by atoms with E-state index >= 15 is 0 Å². The zero-order valence-corrected chi connectivity index (χ0v) is 16.3. The fourth-order valence-corrected chi connectivity index (χ4v) is 3.47. The third-order valence-electron chi connectivity index (χ3n) is 4.03. The fraction of sp³-hybridized carbons (Fsp3) is 0.100. The van der Waals surface area contributed by atoms with Gasteiger partial charge in [-0.1, -0.05) is 36.4 Å². The van der Waals surface area contributed by atoms with E-state index in [9.17, 15) is 9.59 Å². The van der Waals surface area contributed by atoms with E-state index in [2.05, 4.69) is 20.4 Å². The first-order chi connectivity index (χ1) is 14.1. The molecule has 0 fully saturated rings. The number of H-pyrrole nitrogens is 1. The lowest BCUT2D eigenvalue weighted by molar-refractivity contribution is -0.119. The number of amides is 1. The molecule has 0 aliphatic heterocycles. The Labute approximate surface area is 169 Å². The summed E-state index contributed by atoms with van der Waals surface area (Å²) in [5.74, 6) is 0.239. The van der Waals surface area contributed by atoms with E-state index < -0.39 is 0 Å². The Balaban J connectivity index is 1.82. The van der Waals surface area contributed by atoms with Gasteiger partial charge in [0.15, 0.2) is 0 Å². The molecule has 0 aliphatic carbocycles. The molecule has 4 aromatic rings. The first kappa shape index (κ1) is 18.8. The summed E-state index contributed by atoms with van der Waals surface area (Å²) in [4.78, 5) is 32.5. The summed E-state index contributed by atoms with van der Waals surface area (Å²) < 4.78 is 6.30. The van der Waals surface area contributed by atoms with Crippen LogP contribution in [0, 0.1) is 0 Å². The summed E-state index contributed by atoms with van der Waals surface area (Å²) in [5, 5.41) is 9.24. The average Bonchev–Trinajstić information content (AvgIpc) is 3.38. The molecule has 9 heteroatoms. The van der Waals surface area contributed by atoms with E-state index in [1.807, 2.05) is 47.8 Å². The molecule has 1 aromatic carbocycles. The maximum atomic E-state index is 12.3. The van der Waals surface area contributed by atoms with Crippen molar-refractivity contribution in [3.63, 3.8) is 0 Å². The molecule has 0 unspecified atom stereocenters. The fourth-order valence-electron chi connectivity index (χ4n) is 2.79. The monoisotopic (exact) mass is 407 g/mol. The van der Waals surface area contributed by atoms with E-state index in [1.165, 1.54) is 29.2 Å². The van der Waals surface area contributed by atoms with E-state index in [0.29, 0.717) is 17.2 Å². The number of hydrogen-bond acceptors (Lipinski definition) is 6. The van der Waals surface area contributed by atoms with Gasteiger partial charge in [0, 0.05) is 24.8 Å². The lowest BCUT2D eigenvalue weighted by Crippen LogP contribution is -2.21. The molecule has 4 rings (SSSR count). The smallest absolute Gasteiger partial charge is 0.252 e. The molecule has 0 aliphatic rings. The minimum absolute atomic E-state index is 0.104. The number of nitrogens with one attached hydrogen (secondary N) is 2. The van der Waals surface area contributed by atoms with Crippen LogP contribution in [0.25, 0.3) is 27.8 Å². The summed E-state index contributed by atoms with van der Waals surface area (Å²) in [7, 11) is 1.44. The quantitative estimate of drug-likeness (QED) is 0.512. The van der Waals surface area contributed by atoms with Gasteiger partial charge in [-0.15, -0.1) is 11.3 Å². The van der Waals surface area contributed by atoms with Gasteiger partial charge < -0.3 is 10.1 Å². The van der Waals surface area contributed by atoms with Crippen LogP contribution < -0.4 is 10.9 Å². The maximum Gasteiger partial charge on any atom is 0.252 e. The number of carbonyl (C=O) groups excluding carboxylic acids is 1. The van der Waals surface area contributed by atoms with Crippen LogP contribution in [0.2, 0.25) is 0 Å². The van der Waals surface area contributed by atoms with Crippen molar-refractivity contribution in [3.8, 4) is 27.8 Å². The highest BCUT2D eigenvalue weighted by atomic mass is 32.1. The largest absolute Gasteiger partial charge is 0.375 e. The summed E-state index contributed by atoms with van der Waals surface area (Å²) in [6.07, 6.45) is 0. The minimum atomic E-state index is -0.340. The Morgan fingerprint density at radius 1 is 1.17 bits per heavy atom. The van der Waals surface area contributed by atoms with Crippen molar-refractivity contribution in [2.75, 3.05) is 19.0 Å². The van der Waals surface area contributed by atoms with Gasteiger partial charge in [-0.05, 0) is 11.4 Å². The van der Waals surface area contributed by atoms with Crippen molar-refractivity contribution in [1.82, 2.24) is 19.7 Å². The summed E-state index contributed by atoms with van der Waals surface area (Å²) in [5.41, 5.74) is 1.64. The van der Waals surface area contributed by atoms with Gasteiger partial charge in [0.1, 0.15) is 18.1 Å². The normalized spacial score (nSPS) is 10.8. The van der Waals surface area contributed by atoms with Gasteiger partial charge in [-0.3, -0.25) is 14.6 Å². The van der Waals surface area contributed by atoms with Crippen LogP contribution in [0.4, 0.5) is 5.82 Å². The van der Waals surface area contributed by atoms with Gasteiger partial charge in [-0.2, -0.15) is 9.78 Å². The van der Waals surface area contributed by atoms with Crippen LogP contribution >= 0.6 is 11.3 Å². The van der Waals surface area contributed by atoms with Crippen molar-refractivity contribution < 1.29 is 9.53 Å². The number of aromatic nitrogens is 4. The Morgan fingerprint density at radius 2 is 2.00 bits per heavy atom. The zero-order chi connectivity index (χ0) is 20.2. The van der Waals surface area contributed by atoms with Crippen molar-refractivity contribution in [1.29, 1.82) is 0 Å². The Morgan fingerprint density at radius 3 is 2.72 bits per heavy atom. The summed E-state index contributed by atoms with van der Waals surface area (Å²) in [6.45, 7) is -0.104. The highest BCUT2D eigenvalue weighted by Gasteiger charge is 2.16. The van der Waals surface area contributed by atoms with Crippen molar-refractivity contribution in [2.24, 2.45) is 0 Å². The average molecular weight is 407 g/mol. The molecule has 0 spiro atoms. The highest BCUT2D eigenvalue weighted by molar-refractivity contribution is 7.13. The summed E-state index contributed by atoms with van der Waals surface area (Å²) in [6, 6.07) is 16.4. The zero-order valence-electron chi connectivity index (χ0n) is 15.5. The number of aromatic amines is 1. The third kappa shape index (κ3) is 4.15. The second kappa shape index (κ2) is 8.21. The highest BCUT2D eigenvalue weighted by Crippen LogP contribution is 2.27. The number of nitrogens with zero attached hydrogens (tertiary/aromatic N) is 3. The number of thiophene rings is 1. The Hall–Kier alpha value is -3.56. The maximum absolute atomic E-state index is 12.3. The topological polar surface area (TPSA) is 102 Å². The number of rotatable bonds is 6. The van der Waals surface area contributed by atoms with E-state index in [1.54, 1.807) is 6.07 Å². The molecule has 0 saturated heterocycles. The van der Waals surface area contributed by atoms with E-state index in [4.69, 9.17) is 4.74 Å². The second-order valence-corrected chi connectivity index (χ2v) is 7.05. The van der Waals surface area contributed by atoms with Crippen LogP contribution in [0.1, 0.15) is 0 Å². The van der Waals surface area contributed by atoms with Crippen LogP contribution in [0.3, 0.4) is 0 Å². The van der Waals surface area contributed by atoms with Gasteiger partial charge in [-0.25, -0.2) is 4.98 Å². The van der Waals surface area contributed by atoms with Crippen LogP contribution in [0.15, 0.2) is 64.8 Å². The van der Waals surface area contributed by atoms with Crippen molar-refractivity contribution in [2.45, 2.75) is 0 Å². The standard InChI is InChI=1S/C20H17N5O3S/c1-28-12-19(27)22-17-10-15(16-8-5-9-29-16)24-25(17)20-21-14(11-18(26)23-20)13-6-3-2-4-7-13/h2-11H,12H2,1H3,(H,22,27)(H,21,23,26). The number of methoxy groups -OCH3 is 1. The molecule has 1 amide bonds. The van der Waals surface area contributed by atoms with Crippen LogP contribution in [0.5, 0.6) is 0 Å². The lowest BCUT2D eigenvalue weighted by Gasteiger charge is -2.09. The minimum Gasteiger partial charge on any atom is -0.375 e. The second-order valence-electron chi connectivity index (χ2n) is 6.11. The van der Waals surface area contributed by atoms with E-state index in [0.717, 1.165) is 10.4 Å². The Bertz CT molecular complexity index is 1180. The predicted octanol–water partition coefficient (Wildman–Crippen LogP) is 2.94. The van der Waals surface area contributed by atoms with Gasteiger partial charge in [0.05, 0.1) is 10.6 Å². The molecule has 8 nitrogen and oxygen atoms in total. The lowest BCUT2D eigenvalue weighted by atomic mass is 10.1. The van der Waals surface area contributed by atoms with Crippen LogP contribution in [-0.2, 0) is 9.53 Å². The number of carbonyl (C=O) groups is 1. The molecule has 0 radical (unpaired) electrons. The molecule has 2 N–H and O–H groups in total. The molecule has 0 saturated carbocycles. The first-order valence-electron chi connectivity index (χ1n) is 8.74. The third-order valence-corrected chi connectivity index (χ3v) is 4.92. The number of benzene rings is 1. The Kier molecular flexibility index (Phi) is 5.32.